The van der Waals surface area contributed by atoms with Crippen molar-refractivity contribution in [2.24, 2.45) is 0 Å². The summed E-state index contributed by atoms with van der Waals surface area (Å²) in [6, 6.07) is 23.9. The maximum absolute atomic E-state index is 13.4. The van der Waals surface area contributed by atoms with E-state index in [0.717, 1.165) is 0 Å². The van der Waals surface area contributed by atoms with Gasteiger partial charge in [0, 0.05) is 29.1 Å². The van der Waals surface area contributed by atoms with Gasteiger partial charge in [0.2, 0.25) is 0 Å². The minimum absolute atomic E-state index is 0.230. The number of ether oxygens (including phenoxy) is 2. The van der Waals surface area contributed by atoms with Gasteiger partial charge in [0.15, 0.2) is 16.8 Å². The van der Waals surface area contributed by atoms with Crippen molar-refractivity contribution in [3.8, 4) is 34.3 Å². The van der Waals surface area contributed by atoms with Crippen LogP contribution in [0.25, 0.3) is 22.3 Å². The van der Waals surface area contributed by atoms with Crippen molar-refractivity contribution < 1.29 is 18.3 Å². The van der Waals surface area contributed by atoms with Crippen LogP contribution in [0.5, 0.6) is 23.0 Å². The molecule has 7 heteroatoms. The molecule has 0 bridgehead atoms. The van der Waals surface area contributed by atoms with Gasteiger partial charge in [-0.1, -0.05) is 0 Å². The van der Waals surface area contributed by atoms with Crippen LogP contribution >= 0.6 is 0 Å². The molecule has 0 spiro atoms. The van der Waals surface area contributed by atoms with E-state index in [-0.39, 0.29) is 33.7 Å². The fourth-order valence-electron chi connectivity index (χ4n) is 3.43. The molecule has 4 N–H and O–H groups in total. The molecule has 5 aromatic rings. The Morgan fingerprint density at radius 1 is 0.676 bits per heavy atom. The number of anilines is 2. The van der Waals surface area contributed by atoms with E-state index in [2.05, 4.69) is 0 Å². The van der Waals surface area contributed by atoms with E-state index in [4.69, 9.17) is 25.4 Å². The highest BCUT2D eigenvalue weighted by atomic mass is 19.1. The quantitative estimate of drug-likeness (QED) is 0.300. The third-order valence-electron chi connectivity index (χ3n) is 5.12. The predicted octanol–water partition coefficient (Wildman–Crippen LogP) is 6.35. The molecule has 168 valence electrons. The van der Waals surface area contributed by atoms with E-state index in [0.29, 0.717) is 34.2 Å². The minimum Gasteiger partial charge on any atom is -0.457 e. The maximum atomic E-state index is 13.4. The summed E-state index contributed by atoms with van der Waals surface area (Å²) in [5.74, 6) is 1.59. The molecule has 0 aliphatic heterocycles. The van der Waals surface area contributed by atoms with Crippen molar-refractivity contribution in [1.29, 1.82) is 0 Å². The number of halogens is 1. The molecular formula is C27H19FN2O4. The second-order valence-corrected chi connectivity index (χ2v) is 7.62. The second-order valence-electron chi connectivity index (χ2n) is 7.62. The molecule has 0 radical (unpaired) electrons. The Balaban J connectivity index is 1.65. The zero-order chi connectivity index (χ0) is 23.7. The zero-order valence-electron chi connectivity index (χ0n) is 17.8. The van der Waals surface area contributed by atoms with Crippen LogP contribution in [0.15, 0.2) is 100 Å². The first kappa shape index (κ1) is 21.1. The first-order valence-corrected chi connectivity index (χ1v) is 10.4. The molecule has 0 unspecified atom stereocenters. The van der Waals surface area contributed by atoms with Gasteiger partial charge >= 0.3 is 0 Å². The summed E-state index contributed by atoms with van der Waals surface area (Å²) in [6.45, 7) is 0. The molecule has 6 nitrogen and oxygen atoms in total. The lowest BCUT2D eigenvalue weighted by molar-refractivity contribution is 0.455. The van der Waals surface area contributed by atoms with Crippen LogP contribution in [0.3, 0.4) is 0 Å². The van der Waals surface area contributed by atoms with Crippen LogP contribution in [0.1, 0.15) is 0 Å². The van der Waals surface area contributed by atoms with Gasteiger partial charge < -0.3 is 25.4 Å². The van der Waals surface area contributed by atoms with Crippen molar-refractivity contribution in [2.75, 3.05) is 11.5 Å². The topological polar surface area (TPSA) is 101 Å². The number of nitrogens with two attached hydrogens (primary N) is 2. The largest absolute Gasteiger partial charge is 0.457 e. The molecular weight excluding hydrogens is 435 g/mol. The Bertz CT molecular complexity index is 1530. The van der Waals surface area contributed by atoms with E-state index in [9.17, 15) is 9.18 Å². The summed E-state index contributed by atoms with van der Waals surface area (Å²) in [5, 5.41) is 0.268. The first-order valence-electron chi connectivity index (χ1n) is 10.4. The van der Waals surface area contributed by atoms with E-state index >= 15 is 0 Å². The van der Waals surface area contributed by atoms with Crippen LogP contribution in [0.2, 0.25) is 0 Å². The lowest BCUT2D eigenvalue weighted by Crippen LogP contribution is -2.02. The highest BCUT2D eigenvalue weighted by Gasteiger charge is 2.16. The summed E-state index contributed by atoms with van der Waals surface area (Å²) < 4.78 is 31.5. The standard InChI is InChI=1S/C27H19FN2O4/c28-17-3-1-16(2-4-17)25-15-24(31)23-13-22(32-20-9-5-18(29)6-10-20)14-26(27(23)34-25)33-21-11-7-19(30)8-12-21/h1-15H,29-30H2. The number of rotatable bonds is 5. The number of nitrogen functional groups attached to an aromatic ring is 2. The summed E-state index contributed by atoms with van der Waals surface area (Å²) in [6.07, 6.45) is 0. The molecule has 0 amide bonds. The zero-order valence-corrected chi connectivity index (χ0v) is 17.8. The second kappa shape index (κ2) is 8.63. The Kier molecular flexibility index (Phi) is 5.35. The first-order chi connectivity index (χ1) is 16.4. The molecule has 1 aromatic heterocycles. The smallest absolute Gasteiger partial charge is 0.193 e. The van der Waals surface area contributed by atoms with Crippen molar-refractivity contribution in [3.05, 3.63) is 107 Å². The number of hydrogen-bond donors (Lipinski definition) is 2. The Labute approximate surface area is 193 Å². The molecule has 0 aliphatic carbocycles. The fraction of sp³-hybridized carbons (Fsp3) is 0. The number of fused-ring (bicyclic) bond motifs is 1. The lowest BCUT2D eigenvalue weighted by Gasteiger charge is -2.13. The van der Waals surface area contributed by atoms with Gasteiger partial charge in [0.1, 0.15) is 28.8 Å². The highest BCUT2D eigenvalue weighted by Crippen LogP contribution is 2.37. The van der Waals surface area contributed by atoms with Crippen molar-refractivity contribution >= 4 is 22.3 Å². The van der Waals surface area contributed by atoms with Crippen molar-refractivity contribution in [2.45, 2.75) is 0 Å². The van der Waals surface area contributed by atoms with Crippen molar-refractivity contribution in [3.63, 3.8) is 0 Å². The molecule has 0 aliphatic rings. The summed E-state index contributed by atoms with van der Waals surface area (Å²) in [5.41, 5.74) is 13.2. The van der Waals surface area contributed by atoms with Crippen LogP contribution in [0, 0.1) is 5.82 Å². The Morgan fingerprint density at radius 2 is 1.26 bits per heavy atom. The maximum Gasteiger partial charge on any atom is 0.193 e. The van der Waals surface area contributed by atoms with Gasteiger partial charge in [0.25, 0.3) is 0 Å². The van der Waals surface area contributed by atoms with Crippen LogP contribution < -0.4 is 26.4 Å². The van der Waals surface area contributed by atoms with Crippen LogP contribution in [0.4, 0.5) is 15.8 Å². The van der Waals surface area contributed by atoms with E-state index in [1.54, 1.807) is 72.8 Å². The third kappa shape index (κ3) is 4.40. The van der Waals surface area contributed by atoms with Gasteiger partial charge in [-0.3, -0.25) is 4.79 Å². The average molecular weight is 454 g/mol. The molecule has 0 saturated heterocycles. The Hall–Kier alpha value is -4.78. The van der Waals surface area contributed by atoms with Crippen LogP contribution in [-0.4, -0.2) is 0 Å². The monoisotopic (exact) mass is 454 g/mol. The van der Waals surface area contributed by atoms with E-state index in [1.807, 2.05) is 0 Å². The summed E-state index contributed by atoms with van der Waals surface area (Å²) in [4.78, 5) is 13.1. The minimum atomic E-state index is -0.385. The molecule has 0 atom stereocenters. The molecule has 34 heavy (non-hydrogen) atoms. The molecule has 1 heterocycles. The predicted molar refractivity (Wildman–Crippen MR) is 130 cm³/mol. The van der Waals surface area contributed by atoms with Gasteiger partial charge in [-0.15, -0.1) is 0 Å². The fourth-order valence-corrected chi connectivity index (χ4v) is 3.43. The normalized spacial score (nSPS) is 10.9. The van der Waals surface area contributed by atoms with Crippen molar-refractivity contribution in [1.82, 2.24) is 0 Å². The number of benzene rings is 4. The average Bonchev–Trinajstić information content (AvgIpc) is 2.83. The third-order valence-corrected chi connectivity index (χ3v) is 5.12. The molecule has 0 fully saturated rings. The SMILES string of the molecule is Nc1ccc(Oc2cc(Oc3ccc(N)cc3)c3oc(-c4ccc(F)cc4)cc(=O)c3c2)cc1. The molecule has 0 saturated carbocycles. The van der Waals surface area contributed by atoms with Gasteiger partial charge in [-0.2, -0.15) is 0 Å². The highest BCUT2D eigenvalue weighted by molar-refractivity contribution is 5.86. The summed E-state index contributed by atoms with van der Waals surface area (Å²) in [7, 11) is 0. The van der Waals surface area contributed by atoms with Crippen LogP contribution in [-0.2, 0) is 0 Å². The lowest BCUT2D eigenvalue weighted by atomic mass is 10.1. The molecule has 5 rings (SSSR count). The van der Waals surface area contributed by atoms with Gasteiger partial charge in [-0.25, -0.2) is 4.39 Å². The van der Waals surface area contributed by atoms with Gasteiger partial charge in [-0.05, 0) is 78.9 Å². The van der Waals surface area contributed by atoms with E-state index in [1.165, 1.54) is 18.2 Å². The van der Waals surface area contributed by atoms with E-state index < -0.39 is 0 Å². The Morgan fingerprint density at radius 3 is 1.88 bits per heavy atom. The van der Waals surface area contributed by atoms with Gasteiger partial charge in [0.05, 0.1) is 5.39 Å². The molecule has 4 aromatic carbocycles. The number of hydrogen-bond acceptors (Lipinski definition) is 6. The summed E-state index contributed by atoms with van der Waals surface area (Å²) >= 11 is 0.